The van der Waals surface area contributed by atoms with Crippen LogP contribution in [0.25, 0.3) is 5.57 Å². The molecule has 3 rings (SSSR count). The Labute approximate surface area is 194 Å². The Morgan fingerprint density at radius 1 is 1.08 bits per heavy atom. The van der Waals surface area contributed by atoms with Gasteiger partial charge in [-0.15, -0.1) is 5.75 Å². The predicted octanol–water partition coefficient (Wildman–Crippen LogP) is 0.605. The molecule has 26 heavy (non-hydrogen) atoms. The Kier molecular flexibility index (Phi) is 6.66. The summed E-state index contributed by atoms with van der Waals surface area (Å²) in [6, 6.07) is 8.41. The van der Waals surface area contributed by atoms with Gasteiger partial charge in [0.1, 0.15) is 40.7 Å². The molecule has 0 unspecified atom stereocenters. The standard InChI is InChI=1S/C20H14N2O3.K/c1-12-5-17(25-20-8-16(23)3-4-19(12)20)9-18-7-14(6-13(2)24-18)15(10-21)11-22;/h3-9,23H,1-2H3;/q;+1/p-1/b17-9+;. The molecule has 122 valence electrons. The van der Waals surface area contributed by atoms with E-state index in [1.54, 1.807) is 31.2 Å². The molecule has 6 heteroatoms. The van der Waals surface area contributed by atoms with Crippen LogP contribution in [-0.4, -0.2) is 0 Å². The number of rotatable bonds is 1. The average Bonchev–Trinajstić information content (AvgIpc) is 2.55. The summed E-state index contributed by atoms with van der Waals surface area (Å²) < 4.78 is 11.4. The van der Waals surface area contributed by atoms with Crippen LogP contribution in [0.3, 0.4) is 0 Å². The van der Waals surface area contributed by atoms with Crippen LogP contribution in [0.1, 0.15) is 19.4 Å². The number of nitriles is 2. The van der Waals surface area contributed by atoms with Crippen LogP contribution in [-0.2, 0) is 4.74 Å². The minimum absolute atomic E-state index is 0. The first-order valence-electron chi connectivity index (χ1n) is 7.52. The summed E-state index contributed by atoms with van der Waals surface area (Å²) in [7, 11) is 0. The maximum atomic E-state index is 11.5. The van der Waals surface area contributed by atoms with Crippen LogP contribution in [0.15, 0.2) is 70.9 Å². The Bertz CT molecular complexity index is 983. The first kappa shape index (κ1) is 20.3. The molecule has 1 aromatic rings. The first-order valence-corrected chi connectivity index (χ1v) is 7.52. The van der Waals surface area contributed by atoms with Gasteiger partial charge >= 0.3 is 51.4 Å². The third-order valence-corrected chi connectivity index (χ3v) is 3.70. The number of benzene rings is 1. The van der Waals surface area contributed by atoms with Gasteiger partial charge in [-0.1, -0.05) is 12.1 Å². The number of hydrogen-bond donors (Lipinski definition) is 0. The van der Waals surface area contributed by atoms with Crippen molar-refractivity contribution in [2.45, 2.75) is 13.8 Å². The van der Waals surface area contributed by atoms with Crippen molar-refractivity contribution in [3.8, 4) is 23.6 Å². The van der Waals surface area contributed by atoms with E-state index < -0.39 is 0 Å². The third-order valence-electron chi connectivity index (χ3n) is 3.70. The van der Waals surface area contributed by atoms with Crippen LogP contribution < -0.4 is 61.2 Å². The summed E-state index contributed by atoms with van der Waals surface area (Å²) >= 11 is 0. The summed E-state index contributed by atoms with van der Waals surface area (Å²) in [4.78, 5) is 0. The summed E-state index contributed by atoms with van der Waals surface area (Å²) in [5, 5.41) is 29.6. The van der Waals surface area contributed by atoms with Crippen molar-refractivity contribution >= 4 is 5.57 Å². The normalized spacial score (nSPS) is 16.4. The molecule has 1 aromatic carbocycles. The van der Waals surface area contributed by atoms with Crippen molar-refractivity contribution in [2.75, 3.05) is 0 Å². The van der Waals surface area contributed by atoms with E-state index in [2.05, 4.69) is 0 Å². The zero-order valence-electron chi connectivity index (χ0n) is 14.7. The molecule has 0 saturated carbocycles. The average molecular weight is 368 g/mol. The van der Waals surface area contributed by atoms with E-state index >= 15 is 0 Å². The van der Waals surface area contributed by atoms with E-state index in [0.29, 0.717) is 28.6 Å². The van der Waals surface area contributed by atoms with E-state index in [1.807, 2.05) is 25.1 Å². The molecule has 0 amide bonds. The fourth-order valence-corrected chi connectivity index (χ4v) is 2.60. The molecular weight excluding hydrogens is 355 g/mol. The van der Waals surface area contributed by atoms with Crippen LogP contribution in [0.5, 0.6) is 11.5 Å². The molecule has 2 heterocycles. The number of allylic oxidation sites excluding steroid dienone is 8. The second-order valence-corrected chi connectivity index (χ2v) is 5.59. The fourth-order valence-electron chi connectivity index (χ4n) is 2.60. The molecule has 0 spiro atoms. The summed E-state index contributed by atoms with van der Waals surface area (Å²) in [5.74, 6) is 1.88. The summed E-state index contributed by atoms with van der Waals surface area (Å²) in [6.07, 6.45) is 6.73. The first-order chi connectivity index (χ1) is 12.0. The van der Waals surface area contributed by atoms with E-state index in [9.17, 15) is 5.11 Å². The van der Waals surface area contributed by atoms with Gasteiger partial charge in [0.15, 0.2) is 0 Å². The molecule has 0 saturated heterocycles. The van der Waals surface area contributed by atoms with Crippen molar-refractivity contribution in [1.82, 2.24) is 0 Å². The van der Waals surface area contributed by atoms with Crippen LogP contribution in [0.2, 0.25) is 0 Å². The molecule has 0 aliphatic carbocycles. The van der Waals surface area contributed by atoms with Gasteiger partial charge in [-0.2, -0.15) is 10.5 Å². The zero-order valence-corrected chi connectivity index (χ0v) is 17.8. The van der Waals surface area contributed by atoms with Gasteiger partial charge in [0.25, 0.3) is 0 Å². The third kappa shape index (κ3) is 4.36. The van der Waals surface area contributed by atoms with Gasteiger partial charge in [-0.3, -0.25) is 0 Å². The van der Waals surface area contributed by atoms with Crippen molar-refractivity contribution < 1.29 is 66.0 Å². The van der Waals surface area contributed by atoms with Crippen LogP contribution >= 0.6 is 0 Å². The smallest absolute Gasteiger partial charge is 0.872 e. The summed E-state index contributed by atoms with van der Waals surface area (Å²) in [6.45, 7) is 3.66. The topological polar surface area (TPSA) is 89.1 Å². The van der Waals surface area contributed by atoms with Crippen molar-refractivity contribution in [1.29, 1.82) is 10.5 Å². The monoisotopic (exact) mass is 368 g/mol. The molecule has 5 nitrogen and oxygen atoms in total. The van der Waals surface area contributed by atoms with E-state index in [4.69, 9.17) is 20.0 Å². The molecule has 0 bridgehead atoms. The van der Waals surface area contributed by atoms with Crippen molar-refractivity contribution in [3.05, 3.63) is 76.5 Å². The van der Waals surface area contributed by atoms with E-state index in [-0.39, 0.29) is 62.7 Å². The molecular formula is C20H13KN2O3. The van der Waals surface area contributed by atoms with E-state index in [0.717, 1.165) is 11.1 Å². The largest absolute Gasteiger partial charge is 1.00 e. The predicted molar refractivity (Wildman–Crippen MR) is 89.4 cm³/mol. The van der Waals surface area contributed by atoms with Gasteiger partial charge in [0.2, 0.25) is 0 Å². The van der Waals surface area contributed by atoms with Gasteiger partial charge in [0.05, 0.1) is 0 Å². The number of ether oxygens (including phenoxy) is 2. The molecule has 0 radical (unpaired) electrons. The SMILES string of the molecule is CC1=CC(=C(C#N)C#N)C=C(/C=C2\C=C(C)c3ccc([O-])cc3O2)O1.[K+]. The Balaban J connectivity index is 0.00000243. The Morgan fingerprint density at radius 2 is 1.81 bits per heavy atom. The molecule has 0 N–H and O–H groups in total. The van der Waals surface area contributed by atoms with E-state index in [1.165, 1.54) is 12.1 Å². The Morgan fingerprint density at radius 3 is 2.50 bits per heavy atom. The second kappa shape index (κ2) is 8.55. The molecule has 0 aromatic heterocycles. The quantitative estimate of drug-likeness (QED) is 0.535. The van der Waals surface area contributed by atoms with Gasteiger partial charge in [-0.25, -0.2) is 0 Å². The minimum atomic E-state index is -0.127. The second-order valence-electron chi connectivity index (χ2n) is 5.59. The van der Waals surface area contributed by atoms with Gasteiger partial charge in [-0.05, 0) is 43.7 Å². The minimum Gasteiger partial charge on any atom is -0.872 e. The van der Waals surface area contributed by atoms with Crippen LogP contribution in [0, 0.1) is 22.7 Å². The van der Waals surface area contributed by atoms with Gasteiger partial charge in [0, 0.05) is 17.2 Å². The van der Waals surface area contributed by atoms with Crippen molar-refractivity contribution in [3.63, 3.8) is 0 Å². The maximum absolute atomic E-state index is 11.5. The van der Waals surface area contributed by atoms with Gasteiger partial charge < -0.3 is 14.6 Å². The number of hydrogen-bond acceptors (Lipinski definition) is 5. The van der Waals surface area contributed by atoms with Crippen molar-refractivity contribution in [2.24, 2.45) is 0 Å². The molecule has 0 fully saturated rings. The fraction of sp³-hybridized carbons (Fsp3) is 0.100. The summed E-state index contributed by atoms with van der Waals surface area (Å²) in [5.41, 5.74) is 2.32. The zero-order chi connectivity index (χ0) is 18.0. The molecule has 2 aliphatic rings. The molecule has 0 atom stereocenters. The van der Waals surface area contributed by atoms with Crippen LogP contribution in [0.4, 0.5) is 0 Å². The number of fused-ring (bicyclic) bond motifs is 1. The molecule has 2 aliphatic heterocycles. The maximum Gasteiger partial charge on any atom is 1.00 e. The Hall–Kier alpha value is -2.06. The number of nitrogens with zero attached hydrogens (tertiary/aromatic N) is 2.